The quantitative estimate of drug-likeness (QED) is 0.764. The van der Waals surface area contributed by atoms with Gasteiger partial charge in [-0.25, -0.2) is 0 Å². The molecule has 2 nitrogen and oxygen atoms in total. The summed E-state index contributed by atoms with van der Waals surface area (Å²) in [6.07, 6.45) is 4.89. The second kappa shape index (κ2) is 6.42. The summed E-state index contributed by atoms with van der Waals surface area (Å²) >= 11 is 5.77. The number of hydrogen-bond donors (Lipinski definition) is 0. The van der Waals surface area contributed by atoms with Gasteiger partial charge in [0.15, 0.2) is 0 Å². The van der Waals surface area contributed by atoms with Crippen LogP contribution in [0, 0.1) is 5.92 Å². The van der Waals surface area contributed by atoms with Gasteiger partial charge >= 0.3 is 0 Å². The molecule has 19 heavy (non-hydrogen) atoms. The van der Waals surface area contributed by atoms with Gasteiger partial charge in [-0.2, -0.15) is 0 Å². The summed E-state index contributed by atoms with van der Waals surface area (Å²) in [7, 11) is 1.93. The van der Waals surface area contributed by atoms with E-state index in [1.807, 2.05) is 36.2 Å². The first-order valence-corrected chi connectivity index (χ1v) is 7.59. The molecule has 3 heteroatoms. The van der Waals surface area contributed by atoms with Crippen molar-refractivity contribution < 1.29 is 4.79 Å². The van der Waals surface area contributed by atoms with Gasteiger partial charge in [-0.15, -0.1) is 11.6 Å². The maximum Gasteiger partial charge on any atom is 0.253 e. The molecule has 0 radical (unpaired) electrons. The van der Waals surface area contributed by atoms with Crippen molar-refractivity contribution in [3.05, 3.63) is 35.4 Å². The van der Waals surface area contributed by atoms with Gasteiger partial charge in [0, 0.05) is 24.5 Å². The average molecular weight is 280 g/mol. The molecule has 2 rings (SSSR count). The van der Waals surface area contributed by atoms with E-state index in [-0.39, 0.29) is 5.91 Å². The largest absolute Gasteiger partial charge is 0.338 e. The van der Waals surface area contributed by atoms with Crippen LogP contribution in [0.3, 0.4) is 0 Å². The Bertz CT molecular complexity index is 429. The van der Waals surface area contributed by atoms with Crippen LogP contribution >= 0.6 is 11.6 Å². The highest BCUT2D eigenvalue weighted by atomic mass is 35.5. The van der Waals surface area contributed by atoms with E-state index in [9.17, 15) is 4.79 Å². The number of hydrogen-bond acceptors (Lipinski definition) is 1. The summed E-state index contributed by atoms with van der Waals surface area (Å²) in [5, 5.41) is 0. The van der Waals surface area contributed by atoms with E-state index in [1.165, 1.54) is 19.3 Å². The smallest absolute Gasteiger partial charge is 0.253 e. The van der Waals surface area contributed by atoms with Gasteiger partial charge in [0.2, 0.25) is 0 Å². The van der Waals surface area contributed by atoms with E-state index >= 15 is 0 Å². The summed E-state index contributed by atoms with van der Waals surface area (Å²) < 4.78 is 0. The summed E-state index contributed by atoms with van der Waals surface area (Å²) in [6, 6.07) is 8.00. The minimum Gasteiger partial charge on any atom is -0.338 e. The van der Waals surface area contributed by atoms with Gasteiger partial charge in [-0.3, -0.25) is 4.79 Å². The molecule has 0 aromatic heterocycles. The Morgan fingerprint density at radius 3 is 2.47 bits per heavy atom. The van der Waals surface area contributed by atoms with Crippen LogP contribution in [-0.2, 0) is 5.88 Å². The molecular weight excluding hydrogens is 258 g/mol. The minimum absolute atomic E-state index is 0.125. The van der Waals surface area contributed by atoms with Crippen molar-refractivity contribution >= 4 is 17.5 Å². The lowest BCUT2D eigenvalue weighted by Gasteiger charge is -2.36. The molecule has 0 bridgehead atoms. The fraction of sp³-hybridized carbons (Fsp3) is 0.562. The number of rotatable bonds is 3. The number of carbonyl (C=O) groups is 1. The molecule has 1 aromatic carbocycles. The van der Waals surface area contributed by atoms with Crippen LogP contribution in [0.5, 0.6) is 0 Å². The van der Waals surface area contributed by atoms with Crippen molar-refractivity contribution in [1.82, 2.24) is 4.90 Å². The lowest BCUT2D eigenvalue weighted by Crippen LogP contribution is -2.42. The van der Waals surface area contributed by atoms with Crippen LogP contribution in [-0.4, -0.2) is 23.9 Å². The molecule has 1 aliphatic rings. The molecule has 0 heterocycles. The highest BCUT2D eigenvalue weighted by Gasteiger charge is 2.28. The molecule has 104 valence electrons. The first-order chi connectivity index (χ1) is 9.13. The first kappa shape index (κ1) is 14.4. The van der Waals surface area contributed by atoms with Crippen molar-refractivity contribution in [2.24, 2.45) is 5.92 Å². The molecule has 0 N–H and O–H groups in total. The maximum absolute atomic E-state index is 12.5. The molecule has 1 aromatic rings. The van der Waals surface area contributed by atoms with Crippen molar-refractivity contribution in [2.45, 2.75) is 44.5 Å². The Hall–Kier alpha value is -1.02. The third kappa shape index (κ3) is 3.30. The predicted molar refractivity (Wildman–Crippen MR) is 79.5 cm³/mol. The molecule has 2 atom stereocenters. The van der Waals surface area contributed by atoms with Crippen LogP contribution in [0.15, 0.2) is 24.3 Å². The summed E-state index contributed by atoms with van der Waals surface area (Å²) in [4.78, 5) is 14.4. The van der Waals surface area contributed by atoms with Crippen LogP contribution in [0.4, 0.5) is 0 Å². The Kier molecular flexibility index (Phi) is 4.87. The highest BCUT2D eigenvalue weighted by Crippen LogP contribution is 2.28. The number of amides is 1. The van der Waals surface area contributed by atoms with Gasteiger partial charge in [0.1, 0.15) is 0 Å². The lowest BCUT2D eigenvalue weighted by molar-refractivity contribution is 0.0629. The third-order valence-electron chi connectivity index (χ3n) is 4.24. The molecule has 0 spiro atoms. The van der Waals surface area contributed by atoms with E-state index in [2.05, 4.69) is 6.92 Å². The van der Waals surface area contributed by atoms with E-state index < -0.39 is 0 Å². The summed E-state index contributed by atoms with van der Waals surface area (Å²) in [6.45, 7) is 2.25. The molecular formula is C16H22ClNO. The second-order valence-electron chi connectivity index (χ2n) is 5.58. The summed E-state index contributed by atoms with van der Waals surface area (Å²) in [5.41, 5.74) is 1.81. The standard InChI is InChI=1S/C16H22ClNO/c1-12-5-3-4-6-15(12)18(2)16(19)14-9-7-13(11-17)8-10-14/h7-10,12,15H,3-6,11H2,1-2H3. The predicted octanol–water partition coefficient (Wildman–Crippen LogP) is 4.08. The van der Waals surface area contributed by atoms with Crippen LogP contribution < -0.4 is 0 Å². The molecule has 0 saturated heterocycles. The first-order valence-electron chi connectivity index (χ1n) is 7.05. The fourth-order valence-corrected chi connectivity index (χ4v) is 3.14. The Morgan fingerprint density at radius 1 is 1.26 bits per heavy atom. The molecule has 2 unspecified atom stereocenters. The normalized spacial score (nSPS) is 23.1. The highest BCUT2D eigenvalue weighted by molar-refractivity contribution is 6.17. The zero-order valence-electron chi connectivity index (χ0n) is 11.7. The van der Waals surface area contributed by atoms with Gasteiger partial charge in [0.05, 0.1) is 0 Å². The van der Waals surface area contributed by atoms with Gasteiger partial charge in [-0.1, -0.05) is 31.9 Å². The molecule has 1 aliphatic carbocycles. The molecule has 0 aliphatic heterocycles. The maximum atomic E-state index is 12.5. The fourth-order valence-electron chi connectivity index (χ4n) is 2.96. The second-order valence-corrected chi connectivity index (χ2v) is 5.84. The molecule has 1 amide bonds. The van der Waals surface area contributed by atoms with Gasteiger partial charge in [-0.05, 0) is 36.5 Å². The molecule has 1 fully saturated rings. The van der Waals surface area contributed by atoms with Crippen molar-refractivity contribution in [2.75, 3.05) is 7.05 Å². The van der Waals surface area contributed by atoms with E-state index in [0.717, 1.165) is 17.5 Å². The van der Waals surface area contributed by atoms with Crippen molar-refractivity contribution in [1.29, 1.82) is 0 Å². The van der Waals surface area contributed by atoms with Crippen LogP contribution in [0.1, 0.15) is 48.5 Å². The van der Waals surface area contributed by atoms with Crippen LogP contribution in [0.2, 0.25) is 0 Å². The average Bonchev–Trinajstić information content (AvgIpc) is 2.46. The van der Waals surface area contributed by atoms with E-state index in [0.29, 0.717) is 17.8 Å². The third-order valence-corrected chi connectivity index (χ3v) is 4.55. The molecule has 1 saturated carbocycles. The Balaban J connectivity index is 2.08. The van der Waals surface area contributed by atoms with Crippen molar-refractivity contribution in [3.8, 4) is 0 Å². The number of carbonyl (C=O) groups excluding carboxylic acids is 1. The number of nitrogens with zero attached hydrogens (tertiary/aromatic N) is 1. The zero-order chi connectivity index (χ0) is 13.8. The van der Waals surface area contributed by atoms with E-state index in [4.69, 9.17) is 11.6 Å². The number of halogens is 1. The number of alkyl halides is 1. The van der Waals surface area contributed by atoms with E-state index in [1.54, 1.807) is 0 Å². The van der Waals surface area contributed by atoms with Gasteiger partial charge < -0.3 is 4.90 Å². The Morgan fingerprint density at radius 2 is 1.89 bits per heavy atom. The number of benzene rings is 1. The topological polar surface area (TPSA) is 20.3 Å². The summed E-state index contributed by atoms with van der Waals surface area (Å²) in [5.74, 6) is 1.22. The lowest BCUT2D eigenvalue weighted by atomic mass is 9.85. The Labute approximate surface area is 120 Å². The minimum atomic E-state index is 0.125. The van der Waals surface area contributed by atoms with Crippen LogP contribution in [0.25, 0.3) is 0 Å². The monoisotopic (exact) mass is 279 g/mol. The zero-order valence-corrected chi connectivity index (χ0v) is 12.5. The van der Waals surface area contributed by atoms with Gasteiger partial charge in [0.25, 0.3) is 5.91 Å². The SMILES string of the molecule is CC1CCCCC1N(C)C(=O)c1ccc(CCl)cc1. The van der Waals surface area contributed by atoms with Crippen molar-refractivity contribution in [3.63, 3.8) is 0 Å².